The molecule has 1 aliphatic heterocycles. The summed E-state index contributed by atoms with van der Waals surface area (Å²) in [6.45, 7) is 3.05. The minimum Gasteiger partial charge on any atom is -0.494 e. The van der Waals surface area contributed by atoms with Crippen LogP contribution in [0.15, 0.2) is 40.6 Å². The van der Waals surface area contributed by atoms with Gasteiger partial charge in [0.1, 0.15) is 9.96 Å². The van der Waals surface area contributed by atoms with E-state index in [1.807, 2.05) is 24.3 Å². The van der Waals surface area contributed by atoms with Crippen LogP contribution in [0.1, 0.15) is 32.6 Å². The molecule has 1 saturated heterocycles. The van der Waals surface area contributed by atoms with Crippen molar-refractivity contribution in [3.8, 4) is 16.2 Å². The van der Waals surface area contributed by atoms with E-state index >= 15 is 0 Å². The molecule has 1 aliphatic rings. The third-order valence-corrected chi connectivity index (χ3v) is 9.21. The molecule has 29 heavy (non-hydrogen) atoms. The molecule has 0 radical (unpaired) electrons. The van der Waals surface area contributed by atoms with Crippen LogP contribution < -0.4 is 10.2 Å². The van der Waals surface area contributed by atoms with Gasteiger partial charge in [-0.25, -0.2) is 13.9 Å². The first-order valence-corrected chi connectivity index (χ1v) is 11.8. The van der Waals surface area contributed by atoms with Crippen LogP contribution in [0.2, 0.25) is 0 Å². The molecule has 9 heteroatoms. The second kappa shape index (κ2) is 9.25. The zero-order chi connectivity index (χ0) is 20.9. The number of nitrogens with one attached hydrogen (secondary N) is 1. The molecule has 158 valence electrons. The lowest BCUT2D eigenvalue weighted by Crippen LogP contribution is -2.54. The average Bonchev–Trinajstić information content (AvgIpc) is 3.25. The summed E-state index contributed by atoms with van der Waals surface area (Å²) in [6.07, 6.45) is 2.05. The van der Waals surface area contributed by atoms with Gasteiger partial charge in [-0.15, -0.1) is 11.3 Å². The van der Waals surface area contributed by atoms with Crippen molar-refractivity contribution < 1.29 is 27.9 Å². The maximum atomic E-state index is 13.3. The predicted molar refractivity (Wildman–Crippen MR) is 110 cm³/mol. The van der Waals surface area contributed by atoms with Gasteiger partial charge in [0.15, 0.2) is 4.75 Å². The van der Waals surface area contributed by atoms with Gasteiger partial charge in [-0.3, -0.25) is 10.0 Å². The van der Waals surface area contributed by atoms with Crippen LogP contribution in [0.4, 0.5) is 0 Å². The molecule has 0 bridgehead atoms. The number of unbranched alkanes of at least 4 members (excludes halogenated alkanes) is 1. The molecular formula is C20H25NO6S2. The Bertz CT molecular complexity index is 930. The van der Waals surface area contributed by atoms with E-state index in [-0.39, 0.29) is 30.3 Å². The Morgan fingerprint density at radius 2 is 1.90 bits per heavy atom. The molecule has 1 amide bonds. The monoisotopic (exact) mass is 439 g/mol. The molecule has 2 heterocycles. The van der Waals surface area contributed by atoms with Gasteiger partial charge in [0.2, 0.25) is 9.84 Å². The molecule has 0 unspecified atom stereocenters. The number of hydrogen-bond acceptors (Lipinski definition) is 7. The van der Waals surface area contributed by atoms with Gasteiger partial charge >= 0.3 is 0 Å². The highest BCUT2D eigenvalue weighted by molar-refractivity contribution is 7.95. The summed E-state index contributed by atoms with van der Waals surface area (Å²) in [5, 5.41) is 9.14. The van der Waals surface area contributed by atoms with Crippen molar-refractivity contribution in [2.45, 2.75) is 41.6 Å². The molecule has 0 spiro atoms. The minimum absolute atomic E-state index is 0.00123. The molecule has 1 aromatic heterocycles. The van der Waals surface area contributed by atoms with Crippen LogP contribution in [0.5, 0.6) is 5.75 Å². The zero-order valence-electron chi connectivity index (χ0n) is 16.2. The summed E-state index contributed by atoms with van der Waals surface area (Å²) in [7, 11) is -4.00. The van der Waals surface area contributed by atoms with Crippen LogP contribution in [-0.2, 0) is 19.4 Å². The Balaban J connectivity index is 1.85. The van der Waals surface area contributed by atoms with E-state index < -0.39 is 20.5 Å². The van der Waals surface area contributed by atoms with E-state index in [9.17, 15) is 13.2 Å². The number of ether oxygens (including phenoxy) is 2. The average molecular weight is 440 g/mol. The fraction of sp³-hybridized carbons (Fsp3) is 0.450. The second-order valence-corrected chi connectivity index (χ2v) is 10.5. The second-order valence-electron chi connectivity index (χ2n) is 6.90. The van der Waals surface area contributed by atoms with E-state index in [2.05, 4.69) is 6.92 Å². The highest BCUT2D eigenvalue weighted by Crippen LogP contribution is 2.40. The van der Waals surface area contributed by atoms with E-state index in [1.54, 1.807) is 6.07 Å². The minimum atomic E-state index is -4.00. The van der Waals surface area contributed by atoms with Crippen molar-refractivity contribution in [3.05, 3.63) is 36.4 Å². The van der Waals surface area contributed by atoms with Gasteiger partial charge in [-0.05, 0) is 61.2 Å². The smallest absolute Gasteiger partial charge is 0.265 e. The lowest BCUT2D eigenvalue weighted by molar-refractivity contribution is -0.134. The maximum absolute atomic E-state index is 13.3. The number of carbonyl (C=O) groups excluding carboxylic acids is 1. The van der Waals surface area contributed by atoms with Gasteiger partial charge < -0.3 is 9.47 Å². The Hall–Kier alpha value is -1.94. The molecular weight excluding hydrogens is 414 g/mol. The standard InChI is InChI=1S/C20H25NO6S2/c1-2-3-12-27-16-6-4-15(5-7-16)17-8-9-18(28-17)29(24,25)20(19(22)21-23)10-13-26-14-11-20/h4-9,23H,2-3,10-14H2,1H3,(H,21,22). The summed E-state index contributed by atoms with van der Waals surface area (Å²) in [4.78, 5) is 13.1. The number of thiophene rings is 1. The molecule has 1 aromatic carbocycles. The van der Waals surface area contributed by atoms with Crippen molar-refractivity contribution in [3.63, 3.8) is 0 Å². The molecule has 3 rings (SSSR count). The fourth-order valence-corrected chi connectivity index (χ4v) is 6.84. The zero-order valence-corrected chi connectivity index (χ0v) is 17.9. The number of rotatable bonds is 8. The Morgan fingerprint density at radius 1 is 1.21 bits per heavy atom. The highest BCUT2D eigenvalue weighted by Gasteiger charge is 2.52. The lowest BCUT2D eigenvalue weighted by Gasteiger charge is -2.33. The number of sulfone groups is 1. The SMILES string of the molecule is CCCCOc1ccc(-c2ccc(S(=O)(=O)C3(C(=O)NO)CCOCC3)s2)cc1. The fourth-order valence-electron chi connectivity index (χ4n) is 3.28. The number of benzene rings is 1. The van der Waals surface area contributed by atoms with E-state index in [4.69, 9.17) is 14.7 Å². The Morgan fingerprint density at radius 3 is 2.52 bits per heavy atom. The third kappa shape index (κ3) is 4.32. The molecule has 7 nitrogen and oxygen atoms in total. The van der Waals surface area contributed by atoms with Crippen molar-refractivity contribution >= 4 is 27.1 Å². The topological polar surface area (TPSA) is 102 Å². The van der Waals surface area contributed by atoms with Crippen molar-refractivity contribution in [2.75, 3.05) is 19.8 Å². The molecule has 0 aliphatic carbocycles. The number of hydrogen-bond donors (Lipinski definition) is 2. The van der Waals surface area contributed by atoms with Crippen LogP contribution in [0, 0.1) is 0 Å². The predicted octanol–water partition coefficient (Wildman–Crippen LogP) is 3.42. The quantitative estimate of drug-likeness (QED) is 0.371. The van der Waals surface area contributed by atoms with Crippen molar-refractivity contribution in [1.29, 1.82) is 0 Å². The van der Waals surface area contributed by atoms with E-state index in [0.717, 1.165) is 40.4 Å². The lowest BCUT2D eigenvalue weighted by atomic mass is 9.98. The van der Waals surface area contributed by atoms with Gasteiger partial charge in [0.05, 0.1) is 6.61 Å². The van der Waals surface area contributed by atoms with E-state index in [1.165, 1.54) is 11.5 Å². The van der Waals surface area contributed by atoms with Gasteiger partial charge in [-0.1, -0.05) is 13.3 Å². The van der Waals surface area contributed by atoms with Gasteiger partial charge in [-0.2, -0.15) is 0 Å². The molecule has 0 atom stereocenters. The Kier molecular flexibility index (Phi) is 6.94. The summed E-state index contributed by atoms with van der Waals surface area (Å²) < 4.78 is 35.9. The number of hydroxylamine groups is 1. The molecule has 2 aromatic rings. The molecule has 0 saturated carbocycles. The largest absolute Gasteiger partial charge is 0.494 e. The van der Waals surface area contributed by atoms with Crippen LogP contribution in [0.3, 0.4) is 0 Å². The first kappa shape index (κ1) is 21.8. The first-order valence-electron chi connectivity index (χ1n) is 9.54. The normalized spacial score (nSPS) is 16.3. The summed E-state index contributed by atoms with van der Waals surface area (Å²) in [6, 6.07) is 10.7. The van der Waals surface area contributed by atoms with Crippen LogP contribution in [-0.4, -0.2) is 44.1 Å². The summed E-state index contributed by atoms with van der Waals surface area (Å²) in [5.41, 5.74) is 2.40. The van der Waals surface area contributed by atoms with Crippen LogP contribution >= 0.6 is 11.3 Å². The number of amides is 1. The Labute approximate surface area is 174 Å². The highest BCUT2D eigenvalue weighted by atomic mass is 32.2. The van der Waals surface area contributed by atoms with Gasteiger partial charge in [0.25, 0.3) is 5.91 Å². The summed E-state index contributed by atoms with van der Waals surface area (Å²) >= 11 is 1.11. The molecule has 2 N–H and O–H groups in total. The number of carbonyl (C=O) groups is 1. The van der Waals surface area contributed by atoms with Crippen molar-refractivity contribution in [1.82, 2.24) is 5.48 Å². The molecule has 1 fully saturated rings. The van der Waals surface area contributed by atoms with E-state index in [0.29, 0.717) is 6.61 Å². The summed E-state index contributed by atoms with van der Waals surface area (Å²) in [5.74, 6) is -0.142. The van der Waals surface area contributed by atoms with Gasteiger partial charge in [0, 0.05) is 18.1 Å². The van der Waals surface area contributed by atoms with Crippen LogP contribution in [0.25, 0.3) is 10.4 Å². The third-order valence-electron chi connectivity index (χ3n) is 5.08. The first-order chi connectivity index (χ1) is 13.9. The maximum Gasteiger partial charge on any atom is 0.265 e. The van der Waals surface area contributed by atoms with Crippen molar-refractivity contribution in [2.24, 2.45) is 0 Å².